The zero-order chi connectivity index (χ0) is 25.7. The fraction of sp³-hybridized carbons (Fsp3) is 0.182. The van der Waals surface area contributed by atoms with Crippen LogP contribution in [0.3, 0.4) is 0 Å². The SMILES string of the molecule is CC(C)(C)c1ccc(S(=O)(=O)Nc2cc(Cl)cnc2C(=O)O)cc1.N#Cc1ncc(Cl)cc1N. The molecule has 178 valence electrons. The molecule has 0 amide bonds. The van der Waals surface area contributed by atoms with E-state index in [1.54, 1.807) is 12.1 Å². The summed E-state index contributed by atoms with van der Waals surface area (Å²) >= 11 is 11.3. The molecule has 0 unspecified atom stereocenters. The van der Waals surface area contributed by atoms with Gasteiger partial charge in [0.25, 0.3) is 10.0 Å². The van der Waals surface area contributed by atoms with E-state index in [1.807, 2.05) is 26.8 Å². The number of rotatable bonds is 4. The number of carboxylic acid groups (broad SMARTS) is 1. The van der Waals surface area contributed by atoms with Gasteiger partial charge in [-0.15, -0.1) is 0 Å². The van der Waals surface area contributed by atoms with E-state index < -0.39 is 21.7 Å². The van der Waals surface area contributed by atoms with Crippen LogP contribution >= 0.6 is 23.2 Å². The Morgan fingerprint density at radius 3 is 2.15 bits per heavy atom. The molecule has 3 rings (SSSR count). The Balaban J connectivity index is 0.000000340. The maximum Gasteiger partial charge on any atom is 0.356 e. The van der Waals surface area contributed by atoms with Crippen molar-refractivity contribution >= 4 is 50.6 Å². The number of nitrogen functional groups attached to an aromatic ring is 1. The molecule has 0 aliphatic carbocycles. The molecule has 0 aliphatic heterocycles. The van der Waals surface area contributed by atoms with Crippen molar-refractivity contribution in [3.05, 3.63) is 75.8 Å². The van der Waals surface area contributed by atoms with E-state index in [0.717, 1.165) is 11.8 Å². The fourth-order valence-corrected chi connectivity index (χ4v) is 3.96. The van der Waals surface area contributed by atoms with Crippen molar-refractivity contribution in [3.63, 3.8) is 0 Å². The molecule has 2 aromatic heterocycles. The van der Waals surface area contributed by atoms with Gasteiger partial charge in [0, 0.05) is 12.4 Å². The van der Waals surface area contributed by atoms with Crippen LogP contribution in [0, 0.1) is 11.3 Å². The quantitative estimate of drug-likeness (QED) is 0.444. The molecule has 34 heavy (non-hydrogen) atoms. The first-order valence-corrected chi connectivity index (χ1v) is 11.8. The number of aromatic nitrogens is 2. The van der Waals surface area contributed by atoms with Crippen LogP contribution in [-0.4, -0.2) is 29.5 Å². The third-order valence-electron chi connectivity index (χ3n) is 4.32. The first kappa shape index (κ1) is 26.9. The van der Waals surface area contributed by atoms with Gasteiger partial charge in [0.05, 0.1) is 26.3 Å². The van der Waals surface area contributed by atoms with Crippen molar-refractivity contribution in [2.75, 3.05) is 10.5 Å². The van der Waals surface area contributed by atoms with Crippen molar-refractivity contribution < 1.29 is 18.3 Å². The Kier molecular flexibility index (Phi) is 8.45. The van der Waals surface area contributed by atoms with Gasteiger partial charge < -0.3 is 10.8 Å². The number of nitrogens with zero attached hydrogens (tertiary/aromatic N) is 3. The van der Waals surface area contributed by atoms with Gasteiger partial charge in [0.2, 0.25) is 0 Å². The van der Waals surface area contributed by atoms with Crippen molar-refractivity contribution in [3.8, 4) is 6.07 Å². The van der Waals surface area contributed by atoms with Crippen molar-refractivity contribution in [1.29, 1.82) is 5.26 Å². The lowest BCUT2D eigenvalue weighted by atomic mass is 9.87. The van der Waals surface area contributed by atoms with Gasteiger partial charge in [0.15, 0.2) is 11.4 Å². The van der Waals surface area contributed by atoms with Gasteiger partial charge in [-0.05, 0) is 35.2 Å². The number of hydrogen-bond acceptors (Lipinski definition) is 7. The first-order chi connectivity index (χ1) is 15.7. The molecule has 0 bridgehead atoms. The number of nitrogens with one attached hydrogen (secondary N) is 1. The topological polar surface area (TPSA) is 159 Å². The number of carbonyl (C=O) groups is 1. The van der Waals surface area contributed by atoms with Gasteiger partial charge in [-0.2, -0.15) is 5.26 Å². The van der Waals surface area contributed by atoms with Gasteiger partial charge in [-0.25, -0.2) is 23.2 Å². The smallest absolute Gasteiger partial charge is 0.356 e. The largest absolute Gasteiger partial charge is 0.476 e. The molecular formula is C22H21Cl2N5O4S. The number of carboxylic acids is 1. The maximum absolute atomic E-state index is 12.5. The molecule has 0 fully saturated rings. The molecule has 1 aromatic carbocycles. The Bertz CT molecular complexity index is 1350. The predicted octanol–water partition coefficient (Wildman–Crippen LogP) is 4.72. The number of pyridine rings is 2. The number of aromatic carboxylic acids is 1. The molecule has 4 N–H and O–H groups in total. The number of halogens is 2. The van der Waals surface area contributed by atoms with Crippen LogP contribution in [0.2, 0.25) is 10.0 Å². The summed E-state index contributed by atoms with van der Waals surface area (Å²) in [6.07, 6.45) is 2.53. The molecule has 0 aliphatic rings. The molecular weight excluding hydrogens is 501 g/mol. The average Bonchev–Trinajstić information content (AvgIpc) is 2.73. The minimum atomic E-state index is -3.96. The standard InChI is InChI=1S/C16H17ClN2O4S.C6H4ClN3/c1-16(2,3)10-4-6-12(7-5-10)24(22,23)19-13-8-11(17)9-18-14(13)15(20)21;7-4-1-5(9)6(2-8)10-3-4/h4-9,19H,1-3H3,(H,20,21);1,3H,9H2. The third-order valence-corrected chi connectivity index (χ3v) is 6.12. The molecule has 9 nitrogen and oxygen atoms in total. The molecule has 0 saturated heterocycles. The van der Waals surface area contributed by atoms with Crippen molar-refractivity contribution in [1.82, 2.24) is 9.97 Å². The lowest BCUT2D eigenvalue weighted by Gasteiger charge is -2.19. The average molecular weight is 522 g/mol. The Labute approximate surface area is 207 Å². The van der Waals surface area contributed by atoms with Gasteiger partial charge in [0.1, 0.15) is 6.07 Å². The third kappa shape index (κ3) is 7.05. The lowest BCUT2D eigenvalue weighted by molar-refractivity contribution is 0.0692. The van der Waals surface area contributed by atoms with Crippen molar-refractivity contribution in [2.24, 2.45) is 0 Å². The summed E-state index contributed by atoms with van der Waals surface area (Å²) in [6, 6.07) is 10.9. The summed E-state index contributed by atoms with van der Waals surface area (Å²) in [6.45, 7) is 6.06. The molecule has 3 aromatic rings. The second kappa shape index (κ2) is 10.7. The summed E-state index contributed by atoms with van der Waals surface area (Å²) in [5.41, 5.74) is 6.16. The van der Waals surface area contributed by atoms with E-state index in [0.29, 0.717) is 10.7 Å². The number of anilines is 2. The molecule has 0 radical (unpaired) electrons. The lowest BCUT2D eigenvalue weighted by Crippen LogP contribution is -2.17. The highest BCUT2D eigenvalue weighted by molar-refractivity contribution is 7.92. The highest BCUT2D eigenvalue weighted by atomic mass is 35.5. The van der Waals surface area contributed by atoms with Crippen LogP contribution in [-0.2, 0) is 15.4 Å². The highest BCUT2D eigenvalue weighted by Crippen LogP contribution is 2.26. The van der Waals surface area contributed by atoms with Crippen LogP contribution in [0.1, 0.15) is 42.5 Å². The van der Waals surface area contributed by atoms with Crippen molar-refractivity contribution in [2.45, 2.75) is 31.1 Å². The highest BCUT2D eigenvalue weighted by Gasteiger charge is 2.21. The minimum absolute atomic E-state index is 0.0202. The summed E-state index contributed by atoms with van der Waals surface area (Å²) < 4.78 is 27.2. The molecule has 0 atom stereocenters. The van der Waals surface area contributed by atoms with Crippen LogP contribution < -0.4 is 10.5 Å². The van der Waals surface area contributed by atoms with Gasteiger partial charge >= 0.3 is 5.97 Å². The molecule has 0 saturated carbocycles. The van der Waals surface area contributed by atoms with E-state index in [9.17, 15) is 13.2 Å². The molecule has 2 heterocycles. The van der Waals surface area contributed by atoms with Crippen LogP contribution in [0.5, 0.6) is 0 Å². The zero-order valence-corrected chi connectivity index (χ0v) is 20.7. The Morgan fingerprint density at radius 1 is 1.09 bits per heavy atom. The summed E-state index contributed by atoms with van der Waals surface area (Å²) in [5, 5.41) is 18.1. The molecule has 12 heteroatoms. The Hall–Kier alpha value is -3.39. The Morgan fingerprint density at radius 2 is 1.65 bits per heavy atom. The van der Waals surface area contributed by atoms with E-state index in [4.69, 9.17) is 39.3 Å². The number of nitriles is 1. The normalized spacial score (nSPS) is 11.1. The maximum atomic E-state index is 12.5. The number of hydrogen-bond donors (Lipinski definition) is 3. The monoisotopic (exact) mass is 521 g/mol. The number of benzene rings is 1. The summed E-state index contributed by atoms with van der Waals surface area (Å²) in [4.78, 5) is 18.5. The van der Waals surface area contributed by atoms with E-state index in [1.165, 1.54) is 30.5 Å². The first-order valence-electron chi connectivity index (χ1n) is 9.58. The van der Waals surface area contributed by atoms with Crippen LogP contribution in [0.15, 0.2) is 53.7 Å². The van der Waals surface area contributed by atoms with Crippen LogP contribution in [0.4, 0.5) is 11.4 Å². The zero-order valence-electron chi connectivity index (χ0n) is 18.4. The van der Waals surface area contributed by atoms with Gasteiger partial charge in [-0.3, -0.25) is 4.72 Å². The van der Waals surface area contributed by atoms with Gasteiger partial charge in [-0.1, -0.05) is 56.1 Å². The number of sulfonamides is 1. The van der Waals surface area contributed by atoms with E-state index >= 15 is 0 Å². The van der Waals surface area contributed by atoms with E-state index in [2.05, 4.69) is 14.7 Å². The minimum Gasteiger partial charge on any atom is -0.476 e. The summed E-state index contributed by atoms with van der Waals surface area (Å²) in [7, 11) is -3.96. The second-order valence-corrected chi connectivity index (χ2v) is 10.5. The predicted molar refractivity (Wildman–Crippen MR) is 131 cm³/mol. The van der Waals surface area contributed by atoms with E-state index in [-0.39, 0.29) is 26.7 Å². The van der Waals surface area contributed by atoms with Crippen LogP contribution in [0.25, 0.3) is 0 Å². The molecule has 0 spiro atoms. The number of nitrogens with two attached hydrogens (primary N) is 1. The second-order valence-electron chi connectivity index (χ2n) is 7.94. The fourth-order valence-electron chi connectivity index (χ4n) is 2.57. The summed E-state index contributed by atoms with van der Waals surface area (Å²) in [5.74, 6) is -1.35.